The Morgan fingerprint density at radius 2 is 2.26 bits per heavy atom. The fourth-order valence-electron chi connectivity index (χ4n) is 2.58. The average molecular weight is 323 g/mol. The van der Waals surface area contributed by atoms with Crippen molar-refractivity contribution in [1.29, 1.82) is 0 Å². The Kier molecular flexibility index (Phi) is 5.65. The smallest absolute Gasteiger partial charge is 0.341 e. The van der Waals surface area contributed by atoms with Crippen molar-refractivity contribution in [3.63, 3.8) is 0 Å². The summed E-state index contributed by atoms with van der Waals surface area (Å²) >= 11 is 0. The molecule has 1 aliphatic heterocycles. The zero-order chi connectivity index (χ0) is 16.9. The molecule has 23 heavy (non-hydrogen) atoms. The summed E-state index contributed by atoms with van der Waals surface area (Å²) in [6.45, 7) is 5.76. The van der Waals surface area contributed by atoms with Crippen LogP contribution < -0.4 is 10.6 Å². The van der Waals surface area contributed by atoms with Crippen LogP contribution in [0.1, 0.15) is 41.6 Å². The van der Waals surface area contributed by atoms with Crippen molar-refractivity contribution in [1.82, 2.24) is 10.6 Å². The molecule has 7 nitrogen and oxygen atoms in total. The maximum absolute atomic E-state index is 11.6. The molecule has 0 amide bonds. The molecule has 1 aliphatic rings. The van der Waals surface area contributed by atoms with E-state index in [-0.39, 0.29) is 5.60 Å². The number of carbonyl (C=O) groups excluding carboxylic acids is 1. The highest BCUT2D eigenvalue weighted by molar-refractivity contribution is 5.90. The molecule has 0 radical (unpaired) electrons. The molecule has 2 N–H and O–H groups in total. The van der Waals surface area contributed by atoms with Gasteiger partial charge in [-0.2, -0.15) is 0 Å². The molecule has 1 aromatic rings. The Morgan fingerprint density at radius 1 is 1.48 bits per heavy atom. The number of guanidine groups is 1. The van der Waals surface area contributed by atoms with E-state index in [1.807, 2.05) is 0 Å². The molecule has 0 aromatic carbocycles. The minimum absolute atomic E-state index is 0.142. The molecule has 1 unspecified atom stereocenters. The zero-order valence-electron chi connectivity index (χ0n) is 14.2. The number of nitrogens with one attached hydrogen (secondary N) is 2. The second kappa shape index (κ2) is 7.50. The summed E-state index contributed by atoms with van der Waals surface area (Å²) in [4.78, 5) is 15.8. The first kappa shape index (κ1) is 17.3. The van der Waals surface area contributed by atoms with E-state index in [1.165, 1.54) is 7.11 Å². The van der Waals surface area contributed by atoms with Gasteiger partial charge >= 0.3 is 5.97 Å². The molecule has 1 fully saturated rings. The monoisotopic (exact) mass is 323 g/mol. The number of hydrogen-bond acceptors (Lipinski definition) is 5. The lowest BCUT2D eigenvalue weighted by molar-refractivity contribution is 0.0242. The summed E-state index contributed by atoms with van der Waals surface area (Å²) in [6, 6.07) is 1.68. The second-order valence-electron chi connectivity index (χ2n) is 5.86. The number of aliphatic imine (C=N–C) groups is 1. The van der Waals surface area contributed by atoms with E-state index in [9.17, 15) is 4.79 Å². The van der Waals surface area contributed by atoms with Gasteiger partial charge in [0.05, 0.1) is 19.3 Å². The van der Waals surface area contributed by atoms with E-state index >= 15 is 0 Å². The van der Waals surface area contributed by atoms with Crippen LogP contribution in [0, 0.1) is 6.92 Å². The van der Waals surface area contributed by atoms with Gasteiger partial charge in [-0.05, 0) is 32.8 Å². The fourth-order valence-corrected chi connectivity index (χ4v) is 2.58. The molecule has 128 valence electrons. The quantitative estimate of drug-likeness (QED) is 0.486. The molecule has 2 rings (SSSR count). The van der Waals surface area contributed by atoms with Gasteiger partial charge in [0, 0.05) is 20.2 Å². The van der Waals surface area contributed by atoms with E-state index in [2.05, 4.69) is 22.5 Å². The summed E-state index contributed by atoms with van der Waals surface area (Å²) in [7, 11) is 3.06. The zero-order valence-corrected chi connectivity index (χ0v) is 14.2. The van der Waals surface area contributed by atoms with Crippen LogP contribution in [0.4, 0.5) is 0 Å². The molecule has 0 spiro atoms. The number of aryl methyl sites for hydroxylation is 1. The number of rotatable bonds is 5. The van der Waals surface area contributed by atoms with Gasteiger partial charge in [0.25, 0.3) is 0 Å². The number of hydrogen-bond donors (Lipinski definition) is 2. The topological polar surface area (TPSA) is 85.1 Å². The van der Waals surface area contributed by atoms with E-state index < -0.39 is 5.97 Å². The minimum atomic E-state index is -0.397. The molecule has 0 aliphatic carbocycles. The van der Waals surface area contributed by atoms with Crippen LogP contribution in [0.2, 0.25) is 0 Å². The molecule has 1 saturated heterocycles. The van der Waals surface area contributed by atoms with Crippen molar-refractivity contribution in [2.24, 2.45) is 4.99 Å². The summed E-state index contributed by atoms with van der Waals surface area (Å²) < 4.78 is 16.0. The van der Waals surface area contributed by atoms with E-state index in [0.717, 1.165) is 19.4 Å². The average Bonchev–Trinajstić information content (AvgIpc) is 3.13. The van der Waals surface area contributed by atoms with Gasteiger partial charge in [-0.1, -0.05) is 0 Å². The van der Waals surface area contributed by atoms with E-state index in [0.29, 0.717) is 36.1 Å². The SMILES string of the molecule is CN=C(NCc1cc(C(=O)OC)c(C)o1)NCC1(C)CCCO1. The Balaban J connectivity index is 1.87. The molecule has 2 heterocycles. The highest BCUT2D eigenvalue weighted by atomic mass is 16.5. The molecule has 1 aromatic heterocycles. The standard InChI is InChI=1S/C16H25N3O4/c1-11-13(14(20)21-4)8-12(23-11)9-18-15(17-3)19-10-16(2)6-5-7-22-16/h8H,5-7,9-10H2,1-4H3,(H2,17,18,19). The summed E-state index contributed by atoms with van der Waals surface area (Å²) in [5, 5.41) is 6.42. The molecular formula is C16H25N3O4. The van der Waals surface area contributed by atoms with Gasteiger partial charge in [0.2, 0.25) is 0 Å². The van der Waals surface area contributed by atoms with Gasteiger partial charge in [-0.3, -0.25) is 4.99 Å². The Labute approximate surface area is 136 Å². The van der Waals surface area contributed by atoms with Crippen LogP contribution in [0.25, 0.3) is 0 Å². The Morgan fingerprint density at radius 3 is 2.87 bits per heavy atom. The number of nitrogens with zero attached hydrogens (tertiary/aromatic N) is 1. The molecule has 7 heteroatoms. The third kappa shape index (κ3) is 4.48. The predicted molar refractivity (Wildman–Crippen MR) is 86.6 cm³/mol. The van der Waals surface area contributed by atoms with Crippen molar-refractivity contribution in [3.8, 4) is 0 Å². The number of methoxy groups -OCH3 is 1. The minimum Gasteiger partial charge on any atom is -0.465 e. The predicted octanol–water partition coefficient (Wildman–Crippen LogP) is 1.61. The lowest BCUT2D eigenvalue weighted by Crippen LogP contribution is -2.45. The van der Waals surface area contributed by atoms with Gasteiger partial charge in [-0.25, -0.2) is 4.79 Å². The Hall–Kier alpha value is -2.02. The Bertz CT molecular complexity index is 574. The molecular weight excluding hydrogens is 298 g/mol. The van der Waals surface area contributed by atoms with Crippen LogP contribution in [0.5, 0.6) is 0 Å². The summed E-state index contributed by atoms with van der Waals surface area (Å²) in [6.07, 6.45) is 2.13. The highest BCUT2D eigenvalue weighted by Gasteiger charge is 2.29. The number of esters is 1. The summed E-state index contributed by atoms with van der Waals surface area (Å²) in [5.41, 5.74) is 0.302. The first-order valence-electron chi connectivity index (χ1n) is 7.73. The maximum atomic E-state index is 11.6. The fraction of sp³-hybridized carbons (Fsp3) is 0.625. The molecule has 0 bridgehead atoms. The van der Waals surface area contributed by atoms with Crippen molar-refractivity contribution in [2.45, 2.75) is 38.8 Å². The van der Waals surface area contributed by atoms with Crippen molar-refractivity contribution in [2.75, 3.05) is 27.3 Å². The van der Waals surface area contributed by atoms with Crippen LogP contribution in [-0.2, 0) is 16.0 Å². The van der Waals surface area contributed by atoms with Crippen molar-refractivity contribution in [3.05, 3.63) is 23.2 Å². The van der Waals surface area contributed by atoms with Gasteiger partial charge in [0.15, 0.2) is 5.96 Å². The largest absolute Gasteiger partial charge is 0.465 e. The van der Waals surface area contributed by atoms with Crippen LogP contribution in [0.15, 0.2) is 15.5 Å². The lowest BCUT2D eigenvalue weighted by atomic mass is 10.0. The molecule has 1 atom stereocenters. The van der Waals surface area contributed by atoms with Gasteiger partial charge in [-0.15, -0.1) is 0 Å². The second-order valence-corrected chi connectivity index (χ2v) is 5.86. The number of ether oxygens (including phenoxy) is 2. The van der Waals surface area contributed by atoms with Crippen molar-refractivity contribution >= 4 is 11.9 Å². The van der Waals surface area contributed by atoms with Crippen LogP contribution >= 0.6 is 0 Å². The first-order chi connectivity index (χ1) is 11.0. The third-order valence-corrected chi connectivity index (χ3v) is 3.96. The normalized spacial score (nSPS) is 21.3. The van der Waals surface area contributed by atoms with Gasteiger partial charge in [0.1, 0.15) is 17.1 Å². The van der Waals surface area contributed by atoms with Crippen LogP contribution in [-0.4, -0.2) is 44.8 Å². The van der Waals surface area contributed by atoms with E-state index in [4.69, 9.17) is 13.9 Å². The van der Waals surface area contributed by atoms with E-state index in [1.54, 1.807) is 20.0 Å². The van der Waals surface area contributed by atoms with Crippen LogP contribution in [0.3, 0.4) is 0 Å². The first-order valence-corrected chi connectivity index (χ1v) is 7.73. The number of carbonyl (C=O) groups is 1. The maximum Gasteiger partial charge on any atom is 0.341 e. The number of furan rings is 1. The molecule has 0 saturated carbocycles. The van der Waals surface area contributed by atoms with Gasteiger partial charge < -0.3 is 24.5 Å². The lowest BCUT2D eigenvalue weighted by Gasteiger charge is -2.24. The highest BCUT2D eigenvalue weighted by Crippen LogP contribution is 2.23. The third-order valence-electron chi connectivity index (χ3n) is 3.96. The summed E-state index contributed by atoms with van der Waals surface area (Å²) in [5.74, 6) is 1.46. The van der Waals surface area contributed by atoms with Crippen molar-refractivity contribution < 1.29 is 18.7 Å².